The number of carboxylic acid groups (broad SMARTS) is 1. The van der Waals surface area contributed by atoms with Crippen LogP contribution in [-0.4, -0.2) is 11.1 Å². The highest BCUT2D eigenvalue weighted by molar-refractivity contribution is 6.04. The summed E-state index contributed by atoms with van der Waals surface area (Å²) >= 11 is 0. The van der Waals surface area contributed by atoms with E-state index in [1.165, 1.54) is 18.4 Å². The second-order valence-electron chi connectivity index (χ2n) is 7.51. The first-order valence-corrected chi connectivity index (χ1v) is 9.03. The second kappa shape index (κ2) is 5.45. The van der Waals surface area contributed by atoms with Gasteiger partial charge >= 0.3 is 5.97 Å². The Labute approximate surface area is 146 Å². The van der Waals surface area contributed by atoms with Crippen LogP contribution in [0.2, 0.25) is 0 Å². The van der Waals surface area contributed by atoms with Crippen molar-refractivity contribution in [1.29, 1.82) is 0 Å². The molecule has 2 aliphatic carbocycles. The van der Waals surface area contributed by atoms with E-state index in [-0.39, 0.29) is 6.42 Å². The van der Waals surface area contributed by atoms with Gasteiger partial charge in [-0.05, 0) is 69.3 Å². The molecule has 3 aromatic rings. The lowest BCUT2D eigenvalue weighted by molar-refractivity contribution is -0.136. The molecule has 3 unspecified atom stereocenters. The van der Waals surface area contributed by atoms with Gasteiger partial charge in [0.15, 0.2) is 0 Å². The number of carboxylic acids is 1. The lowest BCUT2D eigenvalue weighted by Gasteiger charge is -2.20. The summed E-state index contributed by atoms with van der Waals surface area (Å²) in [5.41, 5.74) is 2.31. The zero-order chi connectivity index (χ0) is 17.0. The molecule has 0 saturated heterocycles. The maximum atomic E-state index is 11.5. The Balaban J connectivity index is 1.72. The minimum absolute atomic E-state index is 0.0674. The predicted octanol–water partition coefficient (Wildman–Crippen LogP) is 5.30. The molecular weight excluding hydrogens is 308 g/mol. The summed E-state index contributed by atoms with van der Waals surface area (Å²) in [4.78, 5) is 11.5. The first-order chi connectivity index (χ1) is 12.2. The Bertz CT molecular complexity index is 1030. The molecule has 2 nitrogen and oxygen atoms in total. The van der Waals surface area contributed by atoms with E-state index in [2.05, 4.69) is 42.5 Å². The fourth-order valence-corrected chi connectivity index (χ4v) is 4.91. The Morgan fingerprint density at radius 2 is 1.80 bits per heavy atom. The lowest BCUT2D eigenvalue weighted by Crippen LogP contribution is -2.06. The van der Waals surface area contributed by atoms with Gasteiger partial charge in [-0.2, -0.15) is 0 Å². The zero-order valence-electron chi connectivity index (χ0n) is 14.0. The molecule has 1 N–H and O–H groups in total. The molecule has 0 heterocycles. The van der Waals surface area contributed by atoms with E-state index in [0.29, 0.717) is 11.8 Å². The highest BCUT2D eigenvalue weighted by Crippen LogP contribution is 2.49. The first-order valence-electron chi connectivity index (χ1n) is 9.03. The Morgan fingerprint density at radius 1 is 0.960 bits per heavy atom. The van der Waals surface area contributed by atoms with Crippen molar-refractivity contribution in [3.63, 3.8) is 0 Å². The summed E-state index contributed by atoms with van der Waals surface area (Å²) in [5, 5.41) is 13.9. The number of carbonyl (C=O) groups is 1. The highest BCUT2D eigenvalue weighted by Gasteiger charge is 2.36. The summed E-state index contributed by atoms with van der Waals surface area (Å²) in [6.45, 7) is 0. The molecule has 25 heavy (non-hydrogen) atoms. The van der Waals surface area contributed by atoms with Crippen LogP contribution in [0.3, 0.4) is 0 Å². The Morgan fingerprint density at radius 3 is 2.56 bits per heavy atom. The van der Waals surface area contributed by atoms with Crippen LogP contribution < -0.4 is 0 Å². The standard InChI is InChI=1S/C23H20O2/c24-23(25)13-22-19-4-2-1-3-15(19)11-17-7-8-18(12-21(17)22)20-10-14-5-6-16(20)9-14/h1-8,11-12,14,16,20H,9-10,13H2,(H,24,25). The van der Waals surface area contributed by atoms with Gasteiger partial charge in [-0.15, -0.1) is 0 Å². The summed E-state index contributed by atoms with van der Waals surface area (Å²) < 4.78 is 0. The third-order valence-corrected chi connectivity index (χ3v) is 6.03. The quantitative estimate of drug-likeness (QED) is 0.523. The number of aliphatic carboxylic acids is 1. The van der Waals surface area contributed by atoms with Gasteiger partial charge in [-0.3, -0.25) is 4.79 Å². The number of hydrogen-bond donors (Lipinski definition) is 1. The lowest BCUT2D eigenvalue weighted by atomic mass is 9.84. The number of fused-ring (bicyclic) bond motifs is 4. The second-order valence-corrected chi connectivity index (χ2v) is 7.51. The van der Waals surface area contributed by atoms with Crippen molar-refractivity contribution in [2.75, 3.05) is 0 Å². The number of benzene rings is 3. The van der Waals surface area contributed by atoms with E-state index in [9.17, 15) is 9.90 Å². The van der Waals surface area contributed by atoms with Crippen molar-refractivity contribution in [2.45, 2.75) is 25.2 Å². The maximum Gasteiger partial charge on any atom is 0.307 e. The summed E-state index contributed by atoms with van der Waals surface area (Å²) in [5.74, 6) is 1.21. The normalized spacial score (nSPS) is 24.4. The summed E-state index contributed by atoms with van der Waals surface area (Å²) in [7, 11) is 0. The third-order valence-electron chi connectivity index (χ3n) is 6.03. The SMILES string of the molecule is O=C(O)Cc1c2ccccc2cc2ccc(C3CC4C=CC3C4)cc12. The molecule has 3 aromatic carbocycles. The van der Waals surface area contributed by atoms with E-state index >= 15 is 0 Å². The van der Waals surface area contributed by atoms with Crippen LogP contribution in [0.5, 0.6) is 0 Å². The first kappa shape index (κ1) is 14.7. The van der Waals surface area contributed by atoms with Gasteiger partial charge in [0.05, 0.1) is 6.42 Å². The molecule has 2 heteroatoms. The molecule has 1 saturated carbocycles. The molecule has 0 aliphatic heterocycles. The molecule has 1 fully saturated rings. The molecule has 3 atom stereocenters. The predicted molar refractivity (Wildman–Crippen MR) is 101 cm³/mol. The van der Waals surface area contributed by atoms with Gasteiger partial charge in [0.2, 0.25) is 0 Å². The monoisotopic (exact) mass is 328 g/mol. The number of rotatable bonds is 3. The van der Waals surface area contributed by atoms with Gasteiger partial charge in [0.1, 0.15) is 0 Å². The smallest absolute Gasteiger partial charge is 0.307 e. The van der Waals surface area contributed by atoms with E-state index < -0.39 is 5.97 Å². The molecule has 0 amide bonds. The molecule has 124 valence electrons. The van der Waals surface area contributed by atoms with Crippen LogP contribution in [0.15, 0.2) is 60.7 Å². The fourth-order valence-electron chi connectivity index (χ4n) is 4.91. The van der Waals surface area contributed by atoms with Gasteiger partial charge in [0, 0.05) is 0 Å². The van der Waals surface area contributed by atoms with Crippen LogP contribution >= 0.6 is 0 Å². The average molecular weight is 328 g/mol. The van der Waals surface area contributed by atoms with Crippen molar-refractivity contribution < 1.29 is 9.90 Å². The molecule has 0 aromatic heterocycles. The van der Waals surface area contributed by atoms with E-state index in [0.717, 1.165) is 33.0 Å². The summed E-state index contributed by atoms with van der Waals surface area (Å²) in [6.07, 6.45) is 7.32. The van der Waals surface area contributed by atoms with Crippen molar-refractivity contribution >= 4 is 27.5 Å². The summed E-state index contributed by atoms with van der Waals surface area (Å²) in [6, 6.07) is 17.0. The van der Waals surface area contributed by atoms with Crippen molar-refractivity contribution in [2.24, 2.45) is 11.8 Å². The molecule has 5 rings (SSSR count). The zero-order valence-corrected chi connectivity index (χ0v) is 14.0. The molecule has 2 bridgehead atoms. The van der Waals surface area contributed by atoms with E-state index in [1.807, 2.05) is 18.2 Å². The Kier molecular flexibility index (Phi) is 3.21. The number of hydrogen-bond acceptors (Lipinski definition) is 1. The van der Waals surface area contributed by atoms with Crippen LogP contribution in [0, 0.1) is 11.8 Å². The van der Waals surface area contributed by atoms with E-state index in [4.69, 9.17) is 0 Å². The van der Waals surface area contributed by atoms with Gasteiger partial charge < -0.3 is 5.11 Å². The minimum atomic E-state index is -0.772. The highest BCUT2D eigenvalue weighted by atomic mass is 16.4. The third kappa shape index (κ3) is 2.36. The Hall–Kier alpha value is -2.61. The van der Waals surface area contributed by atoms with Gasteiger partial charge in [0.25, 0.3) is 0 Å². The molecular formula is C23H20O2. The maximum absolute atomic E-state index is 11.5. The van der Waals surface area contributed by atoms with Crippen LogP contribution in [-0.2, 0) is 11.2 Å². The van der Waals surface area contributed by atoms with Crippen LogP contribution in [0.4, 0.5) is 0 Å². The molecule has 0 radical (unpaired) electrons. The fraction of sp³-hybridized carbons (Fsp3) is 0.261. The van der Waals surface area contributed by atoms with Gasteiger partial charge in [-0.25, -0.2) is 0 Å². The van der Waals surface area contributed by atoms with Gasteiger partial charge in [-0.1, -0.05) is 54.6 Å². The van der Waals surface area contributed by atoms with Crippen LogP contribution in [0.25, 0.3) is 21.5 Å². The number of allylic oxidation sites excluding steroid dienone is 2. The van der Waals surface area contributed by atoms with Crippen molar-refractivity contribution in [1.82, 2.24) is 0 Å². The van der Waals surface area contributed by atoms with Crippen LogP contribution in [0.1, 0.15) is 29.9 Å². The van der Waals surface area contributed by atoms with Crippen molar-refractivity contribution in [3.05, 3.63) is 71.8 Å². The van der Waals surface area contributed by atoms with Crippen molar-refractivity contribution in [3.8, 4) is 0 Å². The average Bonchev–Trinajstić information content (AvgIpc) is 3.24. The molecule has 0 spiro atoms. The largest absolute Gasteiger partial charge is 0.481 e. The van der Waals surface area contributed by atoms with E-state index in [1.54, 1.807) is 0 Å². The topological polar surface area (TPSA) is 37.3 Å². The molecule has 2 aliphatic rings. The minimum Gasteiger partial charge on any atom is -0.481 e.